The van der Waals surface area contributed by atoms with Gasteiger partial charge in [-0.15, -0.1) is 0 Å². The van der Waals surface area contributed by atoms with Crippen molar-refractivity contribution in [3.63, 3.8) is 0 Å². The molecule has 0 atom stereocenters. The van der Waals surface area contributed by atoms with Crippen LogP contribution < -0.4 is 9.73 Å². The van der Waals surface area contributed by atoms with E-state index >= 15 is 0 Å². The zero-order chi connectivity index (χ0) is 17.7. The molecule has 0 bridgehead atoms. The molecule has 0 radical (unpaired) electrons. The van der Waals surface area contributed by atoms with Crippen molar-refractivity contribution in [2.45, 2.75) is 32.1 Å². The minimum absolute atomic E-state index is 0.232. The van der Waals surface area contributed by atoms with Gasteiger partial charge in [0.15, 0.2) is 0 Å². The molecule has 0 heterocycles. The number of nitrogens with zero attached hydrogens (tertiary/aromatic N) is 2. The summed E-state index contributed by atoms with van der Waals surface area (Å²) in [7, 11) is -3.68. The summed E-state index contributed by atoms with van der Waals surface area (Å²) < 4.78 is 25.0. The number of hydrazone groups is 1. The maximum absolute atomic E-state index is 12.1. The van der Waals surface area contributed by atoms with E-state index in [1.54, 1.807) is 0 Å². The molecule has 1 aliphatic carbocycles. The molecular weight excluding hydrogens is 373 g/mol. The molecule has 2 rings (SSSR count). The third kappa shape index (κ3) is 5.65. The Hall–Kier alpha value is -1.31. The molecule has 1 aromatic carbocycles. The summed E-state index contributed by atoms with van der Waals surface area (Å²) in [5, 5.41) is 4.66. The Kier molecular flexibility index (Phi) is 6.48. The minimum Gasteiger partial charge on any atom is -0.271 e. The number of anilines is 1. The Bertz CT molecular complexity index is 722. The predicted octanol–water partition coefficient (Wildman–Crippen LogP) is 3.20. The lowest BCUT2D eigenvalue weighted by Crippen LogP contribution is -2.39. The van der Waals surface area contributed by atoms with Gasteiger partial charge in [0.05, 0.1) is 11.9 Å². The standard InChI is InChI=1S/C15H19Cl2N3O3S/c1-24(22,23)20(14-8-11(16)7-12(17)9-14)10-15(21)19-18-13-5-3-2-4-6-13/h7-9H,2-6,10H2,1H3,(H,19,21). The van der Waals surface area contributed by atoms with Gasteiger partial charge in [0.25, 0.3) is 5.91 Å². The van der Waals surface area contributed by atoms with Crippen molar-refractivity contribution in [3.05, 3.63) is 28.2 Å². The van der Waals surface area contributed by atoms with Crippen LogP contribution in [0.3, 0.4) is 0 Å². The van der Waals surface area contributed by atoms with E-state index in [9.17, 15) is 13.2 Å². The predicted molar refractivity (Wildman–Crippen MR) is 97.3 cm³/mol. The smallest absolute Gasteiger partial charge is 0.260 e. The second-order valence-corrected chi connectivity index (χ2v) is 8.45. The molecule has 1 N–H and O–H groups in total. The monoisotopic (exact) mass is 391 g/mol. The molecule has 0 spiro atoms. The maximum Gasteiger partial charge on any atom is 0.260 e. The average molecular weight is 392 g/mol. The van der Waals surface area contributed by atoms with E-state index in [2.05, 4.69) is 10.5 Å². The Morgan fingerprint density at radius 1 is 1.17 bits per heavy atom. The molecule has 0 unspecified atom stereocenters. The molecule has 1 aliphatic rings. The first kappa shape index (κ1) is 19.0. The van der Waals surface area contributed by atoms with Crippen molar-refractivity contribution in [2.75, 3.05) is 17.1 Å². The number of carbonyl (C=O) groups excluding carboxylic acids is 1. The topological polar surface area (TPSA) is 78.8 Å². The lowest BCUT2D eigenvalue weighted by Gasteiger charge is -2.22. The van der Waals surface area contributed by atoms with Gasteiger partial charge in [0.2, 0.25) is 10.0 Å². The van der Waals surface area contributed by atoms with E-state index in [-0.39, 0.29) is 15.7 Å². The second-order valence-electron chi connectivity index (χ2n) is 5.67. The first-order chi connectivity index (χ1) is 11.3. The van der Waals surface area contributed by atoms with Gasteiger partial charge in [-0.1, -0.05) is 29.6 Å². The lowest BCUT2D eigenvalue weighted by molar-refractivity contribution is -0.119. The van der Waals surface area contributed by atoms with Crippen molar-refractivity contribution in [2.24, 2.45) is 5.10 Å². The number of hydrogen-bond donors (Lipinski definition) is 1. The fourth-order valence-electron chi connectivity index (χ4n) is 2.46. The van der Waals surface area contributed by atoms with Gasteiger partial charge in [0.1, 0.15) is 6.54 Å². The van der Waals surface area contributed by atoms with Gasteiger partial charge < -0.3 is 0 Å². The number of rotatable bonds is 5. The second kappa shape index (κ2) is 8.18. The summed E-state index contributed by atoms with van der Waals surface area (Å²) in [5.74, 6) is -0.519. The van der Waals surface area contributed by atoms with Crippen molar-refractivity contribution in [3.8, 4) is 0 Å². The van der Waals surface area contributed by atoms with Crippen LogP contribution in [-0.4, -0.2) is 32.8 Å². The number of hydrogen-bond acceptors (Lipinski definition) is 4. The number of benzene rings is 1. The zero-order valence-electron chi connectivity index (χ0n) is 13.3. The highest BCUT2D eigenvalue weighted by atomic mass is 35.5. The van der Waals surface area contributed by atoms with Crippen molar-refractivity contribution in [1.29, 1.82) is 0 Å². The van der Waals surface area contributed by atoms with Crippen molar-refractivity contribution < 1.29 is 13.2 Å². The summed E-state index contributed by atoms with van der Waals surface area (Å²) >= 11 is 11.8. The van der Waals surface area contributed by atoms with E-state index in [1.807, 2.05) is 0 Å². The van der Waals surface area contributed by atoms with Crippen LogP contribution >= 0.6 is 23.2 Å². The fourth-order valence-corrected chi connectivity index (χ4v) is 3.82. The van der Waals surface area contributed by atoms with Crippen LogP contribution in [-0.2, 0) is 14.8 Å². The average Bonchev–Trinajstić information content (AvgIpc) is 2.49. The van der Waals surface area contributed by atoms with Gasteiger partial charge >= 0.3 is 0 Å². The van der Waals surface area contributed by atoms with E-state index in [0.29, 0.717) is 0 Å². The molecule has 132 valence electrons. The van der Waals surface area contributed by atoms with Crippen LogP contribution in [0, 0.1) is 0 Å². The van der Waals surface area contributed by atoms with E-state index < -0.39 is 22.5 Å². The van der Waals surface area contributed by atoms with Gasteiger partial charge in [-0.2, -0.15) is 5.10 Å². The number of nitrogens with one attached hydrogen (secondary N) is 1. The van der Waals surface area contributed by atoms with Gasteiger partial charge in [-0.3, -0.25) is 9.10 Å². The highest BCUT2D eigenvalue weighted by Crippen LogP contribution is 2.26. The molecule has 1 aromatic rings. The fraction of sp³-hybridized carbons (Fsp3) is 0.467. The number of halogens is 2. The normalized spacial score (nSPS) is 15.0. The highest BCUT2D eigenvalue weighted by molar-refractivity contribution is 7.92. The first-order valence-electron chi connectivity index (χ1n) is 7.54. The summed E-state index contributed by atoms with van der Waals surface area (Å²) in [6.45, 7) is -0.397. The number of amides is 1. The quantitative estimate of drug-likeness (QED) is 0.782. The van der Waals surface area contributed by atoms with Crippen LogP contribution in [0.15, 0.2) is 23.3 Å². The lowest BCUT2D eigenvalue weighted by atomic mass is 9.99. The number of sulfonamides is 1. The molecular formula is C15H19Cl2N3O3S. The summed E-state index contributed by atoms with van der Waals surface area (Å²) in [4.78, 5) is 12.1. The molecule has 0 aliphatic heterocycles. The zero-order valence-corrected chi connectivity index (χ0v) is 15.6. The van der Waals surface area contributed by atoms with E-state index in [1.165, 1.54) is 24.6 Å². The number of carbonyl (C=O) groups is 1. The molecule has 1 fully saturated rings. The third-order valence-corrected chi connectivity index (χ3v) is 5.17. The molecule has 6 nitrogen and oxygen atoms in total. The maximum atomic E-state index is 12.1. The SMILES string of the molecule is CS(=O)(=O)N(CC(=O)NN=C1CCCCC1)c1cc(Cl)cc(Cl)c1. The highest BCUT2D eigenvalue weighted by Gasteiger charge is 2.21. The summed E-state index contributed by atoms with van der Waals surface area (Å²) in [6.07, 6.45) is 6.03. The minimum atomic E-state index is -3.68. The van der Waals surface area contributed by atoms with Crippen LogP contribution in [0.5, 0.6) is 0 Å². The summed E-state index contributed by atoms with van der Waals surface area (Å²) in [5.41, 5.74) is 3.60. The van der Waals surface area contributed by atoms with E-state index in [4.69, 9.17) is 23.2 Å². The van der Waals surface area contributed by atoms with Crippen LogP contribution in [0.1, 0.15) is 32.1 Å². The first-order valence-corrected chi connectivity index (χ1v) is 10.1. The van der Waals surface area contributed by atoms with Crippen LogP contribution in [0.4, 0.5) is 5.69 Å². The van der Waals surface area contributed by atoms with E-state index in [0.717, 1.165) is 42.0 Å². The Balaban J connectivity index is 2.13. The third-order valence-electron chi connectivity index (χ3n) is 3.59. The van der Waals surface area contributed by atoms with Crippen LogP contribution in [0.2, 0.25) is 10.0 Å². The summed E-state index contributed by atoms with van der Waals surface area (Å²) in [6, 6.07) is 4.37. The molecule has 0 aromatic heterocycles. The molecule has 1 amide bonds. The van der Waals surface area contributed by atoms with Gasteiger partial charge in [-0.25, -0.2) is 13.8 Å². The molecule has 0 saturated heterocycles. The van der Waals surface area contributed by atoms with Gasteiger partial charge in [-0.05, 0) is 43.9 Å². The van der Waals surface area contributed by atoms with Crippen LogP contribution in [0.25, 0.3) is 0 Å². The molecule has 24 heavy (non-hydrogen) atoms. The van der Waals surface area contributed by atoms with Crippen molar-refractivity contribution in [1.82, 2.24) is 5.43 Å². The van der Waals surface area contributed by atoms with Gasteiger partial charge in [0, 0.05) is 15.8 Å². The van der Waals surface area contributed by atoms with Crippen molar-refractivity contribution >= 4 is 50.5 Å². The molecule has 1 saturated carbocycles. The molecule has 9 heteroatoms. The Morgan fingerprint density at radius 3 is 2.29 bits per heavy atom. The largest absolute Gasteiger partial charge is 0.271 e. The Morgan fingerprint density at radius 2 is 1.75 bits per heavy atom. The Labute approximate surface area is 151 Å².